The van der Waals surface area contributed by atoms with Crippen molar-refractivity contribution >= 4 is 12.1 Å². The van der Waals surface area contributed by atoms with Crippen LogP contribution in [0, 0.1) is 13.8 Å². The lowest BCUT2D eigenvalue weighted by atomic mass is 10.1. The topological polar surface area (TPSA) is 61.7 Å². The van der Waals surface area contributed by atoms with E-state index in [4.69, 9.17) is 0 Å². The third-order valence-electron chi connectivity index (χ3n) is 2.79. The molecular formula is C16H16N2O2. The van der Waals surface area contributed by atoms with E-state index < -0.39 is 0 Å². The minimum atomic E-state index is -0.275. The number of carbonyl (C=O) groups is 1. The fraction of sp³-hybridized carbons (Fsp3) is 0.125. The smallest absolute Gasteiger partial charge is 0.271 e. The fourth-order valence-corrected chi connectivity index (χ4v) is 1.93. The van der Waals surface area contributed by atoms with Crippen LogP contribution in [0.2, 0.25) is 0 Å². The van der Waals surface area contributed by atoms with Gasteiger partial charge in [0, 0.05) is 11.1 Å². The molecule has 1 amide bonds. The Morgan fingerprint density at radius 1 is 1.15 bits per heavy atom. The molecule has 2 aromatic rings. The van der Waals surface area contributed by atoms with Crippen LogP contribution < -0.4 is 5.43 Å². The Morgan fingerprint density at radius 3 is 2.45 bits per heavy atom. The Bertz CT molecular complexity index is 643. The molecule has 0 heterocycles. The van der Waals surface area contributed by atoms with Crippen molar-refractivity contribution in [2.24, 2.45) is 5.10 Å². The van der Waals surface area contributed by atoms with Crippen LogP contribution in [0.15, 0.2) is 47.6 Å². The van der Waals surface area contributed by atoms with E-state index in [1.165, 1.54) is 6.21 Å². The number of phenols is 1. The molecule has 0 fully saturated rings. The summed E-state index contributed by atoms with van der Waals surface area (Å²) in [6.45, 7) is 3.88. The molecule has 4 nitrogen and oxygen atoms in total. The molecule has 0 aromatic heterocycles. The van der Waals surface area contributed by atoms with E-state index in [0.29, 0.717) is 11.1 Å². The molecule has 0 unspecified atom stereocenters. The number of benzene rings is 2. The first-order valence-corrected chi connectivity index (χ1v) is 6.26. The van der Waals surface area contributed by atoms with E-state index in [1.807, 2.05) is 19.9 Å². The van der Waals surface area contributed by atoms with Gasteiger partial charge in [-0.1, -0.05) is 29.3 Å². The summed E-state index contributed by atoms with van der Waals surface area (Å²) < 4.78 is 0. The molecule has 2 aromatic carbocycles. The van der Waals surface area contributed by atoms with Gasteiger partial charge in [0.1, 0.15) is 5.75 Å². The van der Waals surface area contributed by atoms with Gasteiger partial charge in [-0.3, -0.25) is 4.79 Å². The first-order chi connectivity index (χ1) is 9.56. The number of aromatic hydroxyl groups is 1. The molecule has 0 aliphatic rings. The largest absolute Gasteiger partial charge is 0.507 e. The molecule has 2 N–H and O–H groups in total. The van der Waals surface area contributed by atoms with Crippen LogP contribution in [0.3, 0.4) is 0 Å². The van der Waals surface area contributed by atoms with Crippen molar-refractivity contribution in [3.63, 3.8) is 0 Å². The number of nitrogens with zero attached hydrogens (tertiary/aromatic N) is 1. The highest BCUT2D eigenvalue weighted by Crippen LogP contribution is 2.12. The number of rotatable bonds is 3. The van der Waals surface area contributed by atoms with Gasteiger partial charge in [-0.2, -0.15) is 5.10 Å². The summed E-state index contributed by atoms with van der Waals surface area (Å²) in [7, 11) is 0. The second-order valence-corrected chi connectivity index (χ2v) is 4.63. The van der Waals surface area contributed by atoms with E-state index in [-0.39, 0.29) is 11.7 Å². The van der Waals surface area contributed by atoms with Gasteiger partial charge in [0.25, 0.3) is 5.91 Å². The van der Waals surface area contributed by atoms with Crippen LogP contribution in [0.4, 0.5) is 0 Å². The zero-order valence-electron chi connectivity index (χ0n) is 11.4. The van der Waals surface area contributed by atoms with Crippen molar-refractivity contribution in [3.05, 3.63) is 64.7 Å². The second kappa shape index (κ2) is 6.02. The van der Waals surface area contributed by atoms with Gasteiger partial charge >= 0.3 is 0 Å². The maximum absolute atomic E-state index is 11.9. The highest BCUT2D eigenvalue weighted by molar-refractivity contribution is 5.95. The van der Waals surface area contributed by atoms with Gasteiger partial charge in [0.05, 0.1) is 6.21 Å². The van der Waals surface area contributed by atoms with Crippen molar-refractivity contribution in [2.45, 2.75) is 13.8 Å². The molecule has 2 rings (SSSR count). The maximum Gasteiger partial charge on any atom is 0.271 e. The van der Waals surface area contributed by atoms with Crippen LogP contribution in [-0.2, 0) is 0 Å². The standard InChI is InChI=1S/C16H16N2O2/c1-11-7-12(2)9-14(8-11)16(20)18-17-10-13-5-3-4-6-15(13)19/h3-10,19H,1-2H3,(H,18,20). The number of phenolic OH excluding ortho intramolecular Hbond substituents is 1. The monoisotopic (exact) mass is 268 g/mol. The van der Waals surface area contributed by atoms with Crippen LogP contribution in [0.5, 0.6) is 5.75 Å². The lowest BCUT2D eigenvalue weighted by Crippen LogP contribution is -2.17. The average molecular weight is 268 g/mol. The third-order valence-corrected chi connectivity index (χ3v) is 2.79. The van der Waals surface area contributed by atoms with Gasteiger partial charge in [-0.25, -0.2) is 5.43 Å². The Balaban J connectivity index is 2.07. The van der Waals surface area contributed by atoms with Crippen LogP contribution in [0.1, 0.15) is 27.0 Å². The van der Waals surface area contributed by atoms with Crippen molar-refractivity contribution in [1.29, 1.82) is 0 Å². The molecule has 20 heavy (non-hydrogen) atoms. The van der Waals surface area contributed by atoms with E-state index >= 15 is 0 Å². The van der Waals surface area contributed by atoms with E-state index in [2.05, 4.69) is 10.5 Å². The van der Waals surface area contributed by atoms with Crippen molar-refractivity contribution in [2.75, 3.05) is 0 Å². The third kappa shape index (κ3) is 3.45. The molecule has 0 atom stereocenters. The average Bonchev–Trinajstić information content (AvgIpc) is 2.39. The summed E-state index contributed by atoms with van der Waals surface area (Å²) in [6, 6.07) is 12.4. The minimum Gasteiger partial charge on any atom is -0.507 e. The molecule has 102 valence electrons. The summed E-state index contributed by atoms with van der Waals surface area (Å²) >= 11 is 0. The van der Waals surface area contributed by atoms with Crippen LogP contribution in [-0.4, -0.2) is 17.2 Å². The van der Waals surface area contributed by atoms with Crippen LogP contribution >= 0.6 is 0 Å². The molecule has 0 aliphatic heterocycles. The van der Waals surface area contributed by atoms with E-state index in [0.717, 1.165) is 11.1 Å². The summed E-state index contributed by atoms with van der Waals surface area (Å²) in [5.74, 6) is -0.152. The molecular weight excluding hydrogens is 252 g/mol. The summed E-state index contributed by atoms with van der Waals surface area (Å²) in [6.07, 6.45) is 1.41. The minimum absolute atomic E-state index is 0.122. The SMILES string of the molecule is Cc1cc(C)cc(C(=O)NN=Cc2ccccc2O)c1. The maximum atomic E-state index is 11.9. The predicted octanol–water partition coefficient (Wildman–Crippen LogP) is 2.77. The number of nitrogens with one attached hydrogen (secondary N) is 1. The molecule has 0 spiro atoms. The summed E-state index contributed by atoms with van der Waals surface area (Å²) in [5, 5.41) is 13.4. The van der Waals surface area contributed by atoms with Gasteiger partial charge < -0.3 is 5.11 Å². The molecule has 0 saturated carbocycles. The zero-order valence-corrected chi connectivity index (χ0v) is 11.4. The predicted molar refractivity (Wildman–Crippen MR) is 79.1 cm³/mol. The lowest BCUT2D eigenvalue weighted by molar-refractivity contribution is 0.0955. The Hall–Kier alpha value is -2.62. The molecule has 0 radical (unpaired) electrons. The van der Waals surface area contributed by atoms with E-state index in [9.17, 15) is 9.90 Å². The number of hydrogen-bond acceptors (Lipinski definition) is 3. The van der Waals surface area contributed by atoms with Crippen molar-refractivity contribution in [3.8, 4) is 5.75 Å². The number of aryl methyl sites for hydroxylation is 2. The first kappa shape index (κ1) is 13.8. The zero-order chi connectivity index (χ0) is 14.5. The molecule has 0 bridgehead atoms. The highest BCUT2D eigenvalue weighted by atomic mass is 16.3. The number of para-hydroxylation sites is 1. The number of hydrogen-bond donors (Lipinski definition) is 2. The Labute approximate surface area is 117 Å². The fourth-order valence-electron chi connectivity index (χ4n) is 1.93. The molecule has 4 heteroatoms. The molecule has 0 aliphatic carbocycles. The summed E-state index contributed by atoms with van der Waals surface area (Å²) in [5.41, 5.74) is 5.62. The van der Waals surface area contributed by atoms with E-state index in [1.54, 1.807) is 36.4 Å². The normalized spacial score (nSPS) is 10.7. The van der Waals surface area contributed by atoms with Gasteiger partial charge in [-0.05, 0) is 38.1 Å². The quantitative estimate of drug-likeness (QED) is 0.664. The van der Waals surface area contributed by atoms with Crippen LogP contribution in [0.25, 0.3) is 0 Å². The Kier molecular flexibility index (Phi) is 4.15. The Morgan fingerprint density at radius 2 is 1.80 bits per heavy atom. The van der Waals surface area contributed by atoms with Gasteiger partial charge in [-0.15, -0.1) is 0 Å². The number of amides is 1. The van der Waals surface area contributed by atoms with Crippen molar-refractivity contribution < 1.29 is 9.90 Å². The molecule has 0 saturated heterocycles. The van der Waals surface area contributed by atoms with Crippen molar-refractivity contribution in [1.82, 2.24) is 5.43 Å². The second-order valence-electron chi connectivity index (χ2n) is 4.63. The lowest BCUT2D eigenvalue weighted by Gasteiger charge is -2.03. The number of hydrazone groups is 1. The number of carbonyl (C=O) groups excluding carboxylic acids is 1. The first-order valence-electron chi connectivity index (χ1n) is 6.26. The highest BCUT2D eigenvalue weighted by Gasteiger charge is 2.05. The van der Waals surface area contributed by atoms with Gasteiger partial charge in [0.2, 0.25) is 0 Å². The van der Waals surface area contributed by atoms with Gasteiger partial charge in [0.15, 0.2) is 0 Å². The summed E-state index contributed by atoms with van der Waals surface area (Å²) in [4.78, 5) is 11.9.